The second-order valence-electron chi connectivity index (χ2n) is 7.99. The minimum atomic E-state index is -3.86. The van der Waals surface area contributed by atoms with Gasteiger partial charge >= 0.3 is 0 Å². The van der Waals surface area contributed by atoms with E-state index in [1.165, 1.54) is 23.4 Å². The zero-order valence-corrected chi connectivity index (χ0v) is 19.2. The molecule has 2 atom stereocenters. The molecule has 1 saturated heterocycles. The molecule has 0 spiro atoms. The highest BCUT2D eigenvalue weighted by Gasteiger charge is 2.38. The lowest BCUT2D eigenvalue weighted by molar-refractivity contribution is -0.130. The third kappa shape index (κ3) is 6.17. The van der Waals surface area contributed by atoms with Crippen molar-refractivity contribution in [1.82, 2.24) is 9.62 Å². The largest absolute Gasteiger partial charge is 0.368 e. The number of carbonyl (C=O) groups is 3. The van der Waals surface area contributed by atoms with Crippen LogP contribution in [0.2, 0.25) is 0 Å². The Kier molecular flexibility index (Phi) is 7.83. The molecule has 1 aliphatic rings. The third-order valence-electron chi connectivity index (χ3n) is 5.48. The molecule has 4 N–H and O–H groups in total. The highest BCUT2D eigenvalue weighted by Crippen LogP contribution is 2.25. The molecule has 33 heavy (non-hydrogen) atoms. The van der Waals surface area contributed by atoms with Gasteiger partial charge in [-0.05, 0) is 42.7 Å². The van der Waals surface area contributed by atoms with Gasteiger partial charge in [-0.1, -0.05) is 36.8 Å². The fourth-order valence-corrected chi connectivity index (χ4v) is 5.51. The van der Waals surface area contributed by atoms with E-state index < -0.39 is 33.9 Å². The molecular weight excluding hydrogens is 444 g/mol. The standard InChI is InChI=1S/C23H28N4O5S/c1-16(28)25-18-12-10-17(11-13-18)15-20(22(24)29)26-23(30)21-9-5-6-14-27(21)33(31,32)19-7-3-2-4-8-19/h2-4,7-8,10-13,20-21H,5-6,9,14-15H2,1H3,(H2,24,29)(H,25,28)(H,26,30)/t20-,21-/m0/s1. The molecule has 1 fully saturated rings. The molecule has 176 valence electrons. The van der Waals surface area contributed by atoms with Crippen LogP contribution in [0.3, 0.4) is 0 Å². The molecule has 1 aliphatic heterocycles. The van der Waals surface area contributed by atoms with Gasteiger partial charge in [0, 0.05) is 25.6 Å². The Morgan fingerprint density at radius 2 is 1.73 bits per heavy atom. The van der Waals surface area contributed by atoms with Crippen LogP contribution in [0.5, 0.6) is 0 Å². The first-order valence-electron chi connectivity index (χ1n) is 10.7. The summed E-state index contributed by atoms with van der Waals surface area (Å²) in [6, 6.07) is 12.9. The number of anilines is 1. The van der Waals surface area contributed by atoms with Gasteiger partial charge in [-0.15, -0.1) is 0 Å². The zero-order chi connectivity index (χ0) is 24.0. The van der Waals surface area contributed by atoms with E-state index >= 15 is 0 Å². The molecule has 0 unspecified atom stereocenters. The van der Waals surface area contributed by atoms with Crippen LogP contribution in [-0.2, 0) is 30.8 Å². The van der Waals surface area contributed by atoms with Crippen molar-refractivity contribution in [1.29, 1.82) is 0 Å². The smallest absolute Gasteiger partial charge is 0.243 e. The topological polar surface area (TPSA) is 139 Å². The molecule has 0 saturated carbocycles. The summed E-state index contributed by atoms with van der Waals surface area (Å²) in [5, 5.41) is 5.30. The Morgan fingerprint density at radius 1 is 1.06 bits per heavy atom. The number of hydrogen-bond donors (Lipinski definition) is 3. The molecule has 0 aromatic heterocycles. The van der Waals surface area contributed by atoms with Gasteiger partial charge in [0.15, 0.2) is 0 Å². The number of hydrogen-bond acceptors (Lipinski definition) is 5. The number of nitrogens with two attached hydrogens (primary N) is 1. The van der Waals surface area contributed by atoms with Crippen LogP contribution >= 0.6 is 0 Å². The van der Waals surface area contributed by atoms with E-state index in [-0.39, 0.29) is 23.8 Å². The number of rotatable bonds is 8. The van der Waals surface area contributed by atoms with Crippen LogP contribution in [0.15, 0.2) is 59.5 Å². The molecular formula is C23H28N4O5S. The number of piperidine rings is 1. The lowest BCUT2D eigenvalue weighted by Crippen LogP contribution is -2.56. The molecule has 0 bridgehead atoms. The molecule has 10 heteroatoms. The summed E-state index contributed by atoms with van der Waals surface area (Å²) in [6.07, 6.45) is 1.84. The van der Waals surface area contributed by atoms with E-state index in [0.29, 0.717) is 24.9 Å². The minimum absolute atomic E-state index is 0.121. The van der Waals surface area contributed by atoms with E-state index in [1.807, 2.05) is 0 Å². The predicted octanol–water partition coefficient (Wildman–Crippen LogP) is 1.40. The van der Waals surface area contributed by atoms with Gasteiger partial charge in [0.25, 0.3) is 0 Å². The van der Waals surface area contributed by atoms with Gasteiger partial charge < -0.3 is 16.4 Å². The second-order valence-corrected chi connectivity index (χ2v) is 9.88. The Labute approximate surface area is 193 Å². The molecule has 2 aromatic rings. The van der Waals surface area contributed by atoms with Crippen molar-refractivity contribution in [2.75, 3.05) is 11.9 Å². The van der Waals surface area contributed by atoms with Gasteiger partial charge in [0.05, 0.1) is 4.90 Å². The van der Waals surface area contributed by atoms with Crippen molar-refractivity contribution in [2.45, 2.75) is 49.6 Å². The van der Waals surface area contributed by atoms with Crippen molar-refractivity contribution in [3.05, 3.63) is 60.2 Å². The van der Waals surface area contributed by atoms with Gasteiger partial charge in [0.1, 0.15) is 12.1 Å². The monoisotopic (exact) mass is 472 g/mol. The zero-order valence-electron chi connectivity index (χ0n) is 18.4. The number of primary amides is 1. The number of carbonyl (C=O) groups excluding carboxylic acids is 3. The van der Waals surface area contributed by atoms with Crippen molar-refractivity contribution in [3.8, 4) is 0 Å². The van der Waals surface area contributed by atoms with E-state index in [1.54, 1.807) is 42.5 Å². The fourth-order valence-electron chi connectivity index (χ4n) is 3.84. The third-order valence-corrected chi connectivity index (χ3v) is 7.40. The maximum Gasteiger partial charge on any atom is 0.243 e. The van der Waals surface area contributed by atoms with Crippen molar-refractivity contribution in [2.24, 2.45) is 5.73 Å². The van der Waals surface area contributed by atoms with Crippen LogP contribution in [0, 0.1) is 0 Å². The van der Waals surface area contributed by atoms with Crippen LogP contribution < -0.4 is 16.4 Å². The lowest BCUT2D eigenvalue weighted by atomic mass is 10.0. The first kappa shape index (κ1) is 24.4. The molecule has 1 heterocycles. The minimum Gasteiger partial charge on any atom is -0.368 e. The summed E-state index contributed by atoms with van der Waals surface area (Å²) in [4.78, 5) is 36.4. The average Bonchev–Trinajstić information content (AvgIpc) is 2.80. The molecule has 3 rings (SSSR count). The fraction of sp³-hybridized carbons (Fsp3) is 0.348. The summed E-state index contributed by atoms with van der Waals surface area (Å²) in [5.41, 5.74) is 6.86. The number of nitrogens with zero attached hydrogens (tertiary/aromatic N) is 1. The number of sulfonamides is 1. The van der Waals surface area contributed by atoms with Gasteiger partial charge in [-0.25, -0.2) is 8.42 Å². The van der Waals surface area contributed by atoms with Crippen molar-refractivity contribution >= 4 is 33.4 Å². The normalized spacial score (nSPS) is 17.7. The summed E-state index contributed by atoms with van der Waals surface area (Å²) in [5.74, 6) is -1.47. The van der Waals surface area contributed by atoms with Crippen molar-refractivity contribution in [3.63, 3.8) is 0 Å². The van der Waals surface area contributed by atoms with E-state index in [2.05, 4.69) is 10.6 Å². The van der Waals surface area contributed by atoms with Crippen LogP contribution in [0.4, 0.5) is 5.69 Å². The first-order valence-corrected chi connectivity index (χ1v) is 12.2. The van der Waals surface area contributed by atoms with Gasteiger partial charge in [0.2, 0.25) is 27.7 Å². The molecule has 9 nitrogen and oxygen atoms in total. The number of benzene rings is 2. The van der Waals surface area contributed by atoms with Crippen LogP contribution in [-0.4, -0.2) is 49.1 Å². The first-order chi connectivity index (χ1) is 15.7. The quantitative estimate of drug-likeness (QED) is 0.533. The van der Waals surface area contributed by atoms with Crippen molar-refractivity contribution < 1.29 is 22.8 Å². The Bertz CT molecular complexity index is 1100. The Hall–Kier alpha value is -3.24. The summed E-state index contributed by atoms with van der Waals surface area (Å²) < 4.78 is 27.5. The van der Waals surface area contributed by atoms with Crippen LogP contribution in [0.1, 0.15) is 31.7 Å². The predicted molar refractivity (Wildman–Crippen MR) is 124 cm³/mol. The summed E-state index contributed by atoms with van der Waals surface area (Å²) in [6.45, 7) is 1.63. The molecule has 2 aromatic carbocycles. The highest BCUT2D eigenvalue weighted by atomic mass is 32.2. The lowest BCUT2D eigenvalue weighted by Gasteiger charge is -2.34. The van der Waals surface area contributed by atoms with Crippen LogP contribution in [0.25, 0.3) is 0 Å². The van der Waals surface area contributed by atoms with Gasteiger partial charge in [-0.2, -0.15) is 4.31 Å². The highest BCUT2D eigenvalue weighted by molar-refractivity contribution is 7.89. The second kappa shape index (κ2) is 10.6. The number of nitrogens with one attached hydrogen (secondary N) is 2. The Balaban J connectivity index is 1.74. The molecule has 3 amide bonds. The average molecular weight is 473 g/mol. The maximum atomic E-state index is 13.1. The van der Waals surface area contributed by atoms with E-state index in [0.717, 1.165) is 5.56 Å². The Morgan fingerprint density at radius 3 is 2.33 bits per heavy atom. The van der Waals surface area contributed by atoms with Gasteiger partial charge in [-0.3, -0.25) is 14.4 Å². The SMILES string of the molecule is CC(=O)Nc1ccc(C[C@H](NC(=O)[C@@H]2CCCCN2S(=O)(=O)c2ccccc2)C(N)=O)cc1. The van der Waals surface area contributed by atoms with E-state index in [9.17, 15) is 22.8 Å². The molecule has 0 aliphatic carbocycles. The number of amides is 3. The summed E-state index contributed by atoms with van der Waals surface area (Å²) in [7, 11) is -3.86. The van der Waals surface area contributed by atoms with E-state index in [4.69, 9.17) is 5.73 Å². The maximum absolute atomic E-state index is 13.1. The molecule has 0 radical (unpaired) electrons. The summed E-state index contributed by atoms with van der Waals surface area (Å²) >= 11 is 0.